The van der Waals surface area contributed by atoms with E-state index in [0.717, 1.165) is 16.9 Å². The molecule has 0 bridgehead atoms. The molecule has 0 unspecified atom stereocenters. The van der Waals surface area contributed by atoms with Gasteiger partial charge in [0.15, 0.2) is 6.61 Å². The van der Waals surface area contributed by atoms with Crippen LogP contribution in [0.5, 0.6) is 11.5 Å². The molecule has 160 valence electrons. The first-order chi connectivity index (χ1) is 15.0. The van der Waals surface area contributed by atoms with E-state index >= 15 is 0 Å². The lowest BCUT2D eigenvalue weighted by molar-refractivity contribution is -0.123. The number of hydrazone groups is 1. The molecule has 0 spiro atoms. The zero-order chi connectivity index (χ0) is 22.1. The van der Waals surface area contributed by atoms with Gasteiger partial charge in [-0.05, 0) is 71.1 Å². The first-order valence-electron chi connectivity index (χ1n) is 10.0. The van der Waals surface area contributed by atoms with Gasteiger partial charge in [-0.3, -0.25) is 4.79 Å². The Balaban J connectivity index is 1.40. The van der Waals surface area contributed by atoms with E-state index in [9.17, 15) is 4.79 Å². The Hall–Kier alpha value is -3.31. The third-order valence-electron chi connectivity index (χ3n) is 4.52. The van der Waals surface area contributed by atoms with Crippen molar-refractivity contribution in [3.05, 3.63) is 94.5 Å². The highest BCUT2D eigenvalue weighted by molar-refractivity contribution is 6.30. The molecule has 5 nitrogen and oxygen atoms in total. The summed E-state index contributed by atoms with van der Waals surface area (Å²) in [6.07, 6.45) is 1.57. The Bertz CT molecular complexity index is 998. The molecule has 3 aromatic carbocycles. The average molecular weight is 437 g/mol. The van der Waals surface area contributed by atoms with Crippen molar-refractivity contribution in [3.8, 4) is 11.5 Å². The summed E-state index contributed by atoms with van der Waals surface area (Å²) in [5.74, 6) is 1.52. The number of hydrogen-bond acceptors (Lipinski definition) is 4. The van der Waals surface area contributed by atoms with Gasteiger partial charge in [0.05, 0.1) is 6.21 Å². The fourth-order valence-corrected chi connectivity index (χ4v) is 2.83. The van der Waals surface area contributed by atoms with Crippen LogP contribution < -0.4 is 14.9 Å². The lowest BCUT2D eigenvalue weighted by atomic mass is 10.0. The van der Waals surface area contributed by atoms with Gasteiger partial charge in [0.2, 0.25) is 0 Å². The number of amides is 1. The molecule has 6 heteroatoms. The number of rotatable bonds is 9. The molecule has 0 saturated carbocycles. The lowest BCUT2D eigenvalue weighted by Gasteiger charge is -2.08. The van der Waals surface area contributed by atoms with Crippen molar-refractivity contribution in [3.63, 3.8) is 0 Å². The SMILES string of the molecule is CC(C)c1ccc(OCC(=O)N/N=C\c2ccc(OCc3ccc(Cl)cc3)cc2)cc1. The lowest BCUT2D eigenvalue weighted by Crippen LogP contribution is -2.24. The molecule has 1 N–H and O–H groups in total. The van der Waals surface area contributed by atoms with Crippen molar-refractivity contribution < 1.29 is 14.3 Å². The van der Waals surface area contributed by atoms with Crippen LogP contribution in [0.2, 0.25) is 5.02 Å². The zero-order valence-corrected chi connectivity index (χ0v) is 18.3. The van der Waals surface area contributed by atoms with Crippen molar-refractivity contribution in [2.45, 2.75) is 26.4 Å². The van der Waals surface area contributed by atoms with Gasteiger partial charge >= 0.3 is 0 Å². The van der Waals surface area contributed by atoms with Crippen molar-refractivity contribution in [1.82, 2.24) is 5.43 Å². The highest BCUT2D eigenvalue weighted by Crippen LogP contribution is 2.18. The van der Waals surface area contributed by atoms with E-state index in [2.05, 4.69) is 24.4 Å². The summed E-state index contributed by atoms with van der Waals surface area (Å²) in [7, 11) is 0. The molecular weight excluding hydrogens is 412 g/mol. The number of carbonyl (C=O) groups is 1. The number of halogens is 1. The van der Waals surface area contributed by atoms with E-state index in [0.29, 0.717) is 23.3 Å². The van der Waals surface area contributed by atoms with Gasteiger partial charge in [-0.2, -0.15) is 5.10 Å². The summed E-state index contributed by atoms with van der Waals surface area (Å²) >= 11 is 5.88. The van der Waals surface area contributed by atoms with Crippen LogP contribution in [0.15, 0.2) is 77.9 Å². The van der Waals surface area contributed by atoms with Gasteiger partial charge in [0, 0.05) is 5.02 Å². The molecule has 0 radical (unpaired) electrons. The highest BCUT2D eigenvalue weighted by atomic mass is 35.5. The third kappa shape index (κ3) is 7.46. The fourth-order valence-electron chi connectivity index (χ4n) is 2.71. The summed E-state index contributed by atoms with van der Waals surface area (Å²) in [5, 5.41) is 4.67. The second kappa shape index (κ2) is 11.2. The molecule has 0 heterocycles. The maximum absolute atomic E-state index is 11.9. The van der Waals surface area contributed by atoms with Crippen molar-refractivity contribution in [1.29, 1.82) is 0 Å². The number of benzene rings is 3. The monoisotopic (exact) mass is 436 g/mol. The largest absolute Gasteiger partial charge is 0.489 e. The number of nitrogens with zero attached hydrogens (tertiary/aromatic N) is 1. The van der Waals surface area contributed by atoms with E-state index in [1.807, 2.05) is 72.8 Å². The second-order valence-electron chi connectivity index (χ2n) is 7.29. The number of ether oxygens (including phenoxy) is 2. The van der Waals surface area contributed by atoms with Crippen molar-refractivity contribution in [2.75, 3.05) is 6.61 Å². The first kappa shape index (κ1) is 22.4. The van der Waals surface area contributed by atoms with Gasteiger partial charge in [0.1, 0.15) is 18.1 Å². The summed E-state index contributed by atoms with van der Waals surface area (Å²) < 4.78 is 11.2. The average Bonchev–Trinajstić information content (AvgIpc) is 2.78. The maximum Gasteiger partial charge on any atom is 0.277 e. The molecule has 0 aromatic heterocycles. The van der Waals surface area contributed by atoms with Gasteiger partial charge < -0.3 is 9.47 Å². The predicted octanol–water partition coefficient (Wildman–Crippen LogP) is 5.57. The molecular formula is C25H25ClN2O3. The Morgan fingerprint density at radius 1 is 0.935 bits per heavy atom. The summed E-state index contributed by atoms with van der Waals surface area (Å²) in [6, 6.07) is 22.7. The van der Waals surface area contributed by atoms with Crippen molar-refractivity contribution >= 4 is 23.7 Å². The molecule has 0 aliphatic rings. The fraction of sp³-hybridized carbons (Fsp3) is 0.200. The highest BCUT2D eigenvalue weighted by Gasteiger charge is 2.03. The van der Waals surface area contributed by atoms with E-state index in [1.165, 1.54) is 5.56 Å². The van der Waals surface area contributed by atoms with E-state index < -0.39 is 0 Å². The normalized spacial score (nSPS) is 11.0. The predicted molar refractivity (Wildman–Crippen MR) is 124 cm³/mol. The van der Waals surface area contributed by atoms with Crippen LogP contribution in [0.3, 0.4) is 0 Å². The van der Waals surface area contributed by atoms with Crippen LogP contribution in [-0.2, 0) is 11.4 Å². The van der Waals surface area contributed by atoms with Crippen LogP contribution >= 0.6 is 11.6 Å². The Morgan fingerprint density at radius 3 is 2.19 bits per heavy atom. The first-order valence-corrected chi connectivity index (χ1v) is 10.4. The minimum absolute atomic E-state index is 0.101. The molecule has 0 aliphatic carbocycles. The standard InChI is InChI=1S/C25H25ClN2O3/c1-18(2)21-7-13-24(14-8-21)31-17-25(29)28-27-15-19-5-11-23(12-6-19)30-16-20-3-9-22(26)10-4-20/h3-15,18H,16-17H2,1-2H3,(H,28,29)/b27-15-. The number of nitrogens with one attached hydrogen (secondary N) is 1. The third-order valence-corrected chi connectivity index (χ3v) is 4.77. The minimum Gasteiger partial charge on any atom is -0.489 e. The van der Waals surface area contributed by atoms with E-state index in [-0.39, 0.29) is 12.5 Å². The zero-order valence-electron chi connectivity index (χ0n) is 17.5. The van der Waals surface area contributed by atoms with E-state index in [1.54, 1.807) is 6.21 Å². The van der Waals surface area contributed by atoms with Crippen LogP contribution in [0.25, 0.3) is 0 Å². The van der Waals surface area contributed by atoms with Gasteiger partial charge in [-0.15, -0.1) is 0 Å². The summed E-state index contributed by atoms with van der Waals surface area (Å²) in [5.41, 5.74) is 5.56. The number of carbonyl (C=O) groups excluding carboxylic acids is 1. The molecule has 0 aliphatic heterocycles. The smallest absolute Gasteiger partial charge is 0.277 e. The van der Waals surface area contributed by atoms with Gasteiger partial charge in [0.25, 0.3) is 5.91 Å². The Morgan fingerprint density at radius 2 is 1.55 bits per heavy atom. The molecule has 3 aromatic rings. The maximum atomic E-state index is 11.9. The molecule has 31 heavy (non-hydrogen) atoms. The van der Waals surface area contributed by atoms with E-state index in [4.69, 9.17) is 21.1 Å². The molecule has 0 fully saturated rings. The molecule has 0 atom stereocenters. The van der Waals surface area contributed by atoms with Crippen LogP contribution in [0, 0.1) is 0 Å². The van der Waals surface area contributed by atoms with Crippen molar-refractivity contribution in [2.24, 2.45) is 5.10 Å². The van der Waals surface area contributed by atoms with Crippen LogP contribution in [-0.4, -0.2) is 18.7 Å². The van der Waals surface area contributed by atoms with Crippen LogP contribution in [0.4, 0.5) is 0 Å². The topological polar surface area (TPSA) is 59.9 Å². The van der Waals surface area contributed by atoms with Gasteiger partial charge in [-0.1, -0.05) is 49.7 Å². The molecule has 0 saturated heterocycles. The molecule has 1 amide bonds. The summed E-state index contributed by atoms with van der Waals surface area (Å²) in [4.78, 5) is 11.9. The number of hydrogen-bond donors (Lipinski definition) is 1. The van der Waals surface area contributed by atoms with Gasteiger partial charge in [-0.25, -0.2) is 5.43 Å². The minimum atomic E-state index is -0.327. The van der Waals surface area contributed by atoms with Crippen LogP contribution in [0.1, 0.15) is 36.5 Å². The summed E-state index contributed by atoms with van der Waals surface area (Å²) in [6.45, 7) is 4.61. The Kier molecular flexibility index (Phi) is 8.07. The second-order valence-corrected chi connectivity index (χ2v) is 7.73. The quantitative estimate of drug-likeness (QED) is 0.352. The molecule has 3 rings (SSSR count). The Labute approximate surface area is 187 Å².